The van der Waals surface area contributed by atoms with E-state index in [0.29, 0.717) is 0 Å². The molecule has 0 saturated heterocycles. The first-order valence-electron chi connectivity index (χ1n) is 4.79. The normalized spacial score (nSPS) is 10.5. The maximum absolute atomic E-state index is 13.6. The van der Waals surface area contributed by atoms with E-state index in [-0.39, 0.29) is 22.8 Å². The zero-order valence-electron chi connectivity index (χ0n) is 8.54. The molecule has 88 valence electrons. The van der Waals surface area contributed by atoms with Crippen LogP contribution in [0.4, 0.5) is 4.39 Å². The molecular formula is C12H7BrClFOS. The lowest BCUT2D eigenvalue weighted by atomic mass is 10.1. The van der Waals surface area contributed by atoms with Crippen molar-refractivity contribution < 1.29 is 9.18 Å². The maximum atomic E-state index is 13.6. The molecule has 0 aliphatic rings. The second kappa shape index (κ2) is 5.29. The number of carbonyl (C=O) groups is 1. The first-order chi connectivity index (χ1) is 8.08. The van der Waals surface area contributed by atoms with Crippen LogP contribution in [0, 0.1) is 5.82 Å². The minimum absolute atomic E-state index is 0.0248. The van der Waals surface area contributed by atoms with E-state index >= 15 is 0 Å². The van der Waals surface area contributed by atoms with E-state index in [4.69, 9.17) is 11.6 Å². The highest BCUT2D eigenvalue weighted by Gasteiger charge is 2.15. The first-order valence-corrected chi connectivity index (χ1v) is 6.78. The largest absolute Gasteiger partial charge is 0.294 e. The second-order valence-electron chi connectivity index (χ2n) is 3.41. The van der Waals surface area contributed by atoms with Gasteiger partial charge in [0, 0.05) is 11.3 Å². The summed E-state index contributed by atoms with van der Waals surface area (Å²) in [5.41, 5.74) is 0.0435. The highest BCUT2D eigenvalue weighted by atomic mass is 79.9. The van der Waals surface area contributed by atoms with Crippen molar-refractivity contribution in [3.63, 3.8) is 0 Å². The van der Waals surface area contributed by atoms with E-state index < -0.39 is 5.82 Å². The maximum Gasteiger partial charge on any atom is 0.171 e. The summed E-state index contributed by atoms with van der Waals surface area (Å²) in [5.74, 6) is -0.908. The molecular weight excluding hydrogens is 327 g/mol. The Bertz CT molecular complexity index is 567. The zero-order chi connectivity index (χ0) is 12.4. The van der Waals surface area contributed by atoms with Crippen molar-refractivity contribution in [3.05, 3.63) is 55.4 Å². The van der Waals surface area contributed by atoms with Gasteiger partial charge in [-0.25, -0.2) is 4.39 Å². The van der Waals surface area contributed by atoms with Gasteiger partial charge in [-0.2, -0.15) is 0 Å². The molecule has 0 unspecified atom stereocenters. The summed E-state index contributed by atoms with van der Waals surface area (Å²) < 4.78 is 14.6. The average Bonchev–Trinajstić information content (AvgIpc) is 2.68. The Morgan fingerprint density at radius 3 is 2.76 bits per heavy atom. The third-order valence-corrected chi connectivity index (χ3v) is 4.13. The van der Waals surface area contributed by atoms with Crippen molar-refractivity contribution in [3.8, 4) is 0 Å². The van der Waals surface area contributed by atoms with Crippen molar-refractivity contribution in [1.82, 2.24) is 0 Å². The second-order valence-corrected chi connectivity index (χ2v) is 6.36. The third kappa shape index (κ3) is 2.94. The molecule has 5 heteroatoms. The molecule has 0 aliphatic heterocycles. The fraction of sp³-hybridized carbons (Fsp3) is 0.0833. The predicted octanol–water partition coefficient (Wildman–Crippen LogP) is 4.73. The number of ketones is 1. The summed E-state index contributed by atoms with van der Waals surface area (Å²) in [6, 6.07) is 8.15. The Morgan fingerprint density at radius 1 is 1.35 bits per heavy atom. The molecule has 0 aliphatic carbocycles. The lowest BCUT2D eigenvalue weighted by Gasteiger charge is -2.02. The van der Waals surface area contributed by atoms with E-state index in [9.17, 15) is 9.18 Å². The van der Waals surface area contributed by atoms with Crippen LogP contribution in [-0.4, -0.2) is 5.78 Å². The van der Waals surface area contributed by atoms with Gasteiger partial charge < -0.3 is 0 Å². The Hall–Kier alpha value is -0.710. The molecule has 0 atom stereocenters. The average molecular weight is 334 g/mol. The van der Waals surface area contributed by atoms with E-state index in [0.717, 1.165) is 8.66 Å². The van der Waals surface area contributed by atoms with Crippen LogP contribution in [0.3, 0.4) is 0 Å². The molecule has 0 amide bonds. The van der Waals surface area contributed by atoms with Crippen LogP contribution < -0.4 is 0 Å². The molecule has 0 N–H and O–H groups in total. The summed E-state index contributed by atoms with van der Waals surface area (Å²) in [5, 5.41) is -0.0248. The molecule has 1 aromatic carbocycles. The van der Waals surface area contributed by atoms with Gasteiger partial charge in [-0.1, -0.05) is 17.7 Å². The minimum Gasteiger partial charge on any atom is -0.294 e. The lowest BCUT2D eigenvalue weighted by Crippen LogP contribution is -2.05. The molecule has 1 aromatic heterocycles. The molecule has 17 heavy (non-hydrogen) atoms. The topological polar surface area (TPSA) is 17.1 Å². The third-order valence-electron chi connectivity index (χ3n) is 2.22. The summed E-state index contributed by atoms with van der Waals surface area (Å²) in [6.45, 7) is 0. The summed E-state index contributed by atoms with van der Waals surface area (Å²) in [4.78, 5) is 12.8. The van der Waals surface area contributed by atoms with Crippen molar-refractivity contribution >= 4 is 44.7 Å². The van der Waals surface area contributed by atoms with E-state index in [1.165, 1.54) is 23.5 Å². The zero-order valence-corrected chi connectivity index (χ0v) is 11.7. The summed E-state index contributed by atoms with van der Waals surface area (Å²) in [7, 11) is 0. The van der Waals surface area contributed by atoms with Gasteiger partial charge in [0.05, 0.1) is 14.4 Å². The molecule has 0 radical (unpaired) electrons. The summed E-state index contributed by atoms with van der Waals surface area (Å²) in [6.07, 6.45) is 0.188. The predicted molar refractivity (Wildman–Crippen MR) is 71.5 cm³/mol. The molecule has 2 aromatic rings. The van der Waals surface area contributed by atoms with Crippen LogP contribution in [0.2, 0.25) is 5.02 Å². The monoisotopic (exact) mass is 332 g/mol. The standard InChI is InChI=1S/C12H7BrClFOS/c13-11-5-4-7(17-11)6-10(16)8-2-1-3-9(14)12(8)15/h1-5H,6H2. The van der Waals surface area contributed by atoms with Gasteiger partial charge in [0.25, 0.3) is 0 Å². The van der Waals surface area contributed by atoms with Gasteiger partial charge in [-0.05, 0) is 40.2 Å². The number of Topliss-reactive ketones (excluding diaryl/α,β-unsaturated/α-hetero) is 1. The highest BCUT2D eigenvalue weighted by molar-refractivity contribution is 9.11. The fourth-order valence-corrected chi connectivity index (χ4v) is 3.08. The van der Waals surface area contributed by atoms with Crippen LogP contribution in [0.1, 0.15) is 15.2 Å². The molecule has 0 bridgehead atoms. The Labute approximate surface area is 115 Å². The minimum atomic E-state index is -0.644. The summed E-state index contributed by atoms with van der Waals surface area (Å²) >= 11 is 10.4. The van der Waals surface area contributed by atoms with Gasteiger partial charge in [0.15, 0.2) is 11.6 Å². The van der Waals surface area contributed by atoms with Crippen LogP contribution in [0.25, 0.3) is 0 Å². The van der Waals surface area contributed by atoms with Crippen molar-refractivity contribution in [2.75, 3.05) is 0 Å². The number of hydrogen-bond acceptors (Lipinski definition) is 2. The number of benzene rings is 1. The number of carbonyl (C=O) groups excluding carboxylic acids is 1. The molecule has 0 spiro atoms. The van der Waals surface area contributed by atoms with E-state index in [2.05, 4.69) is 15.9 Å². The lowest BCUT2D eigenvalue weighted by molar-refractivity contribution is 0.0990. The van der Waals surface area contributed by atoms with E-state index in [1.54, 1.807) is 6.07 Å². The molecule has 1 nitrogen and oxygen atoms in total. The molecule has 1 heterocycles. The quantitative estimate of drug-likeness (QED) is 0.742. The van der Waals surface area contributed by atoms with E-state index in [1.807, 2.05) is 12.1 Å². The van der Waals surface area contributed by atoms with Crippen LogP contribution >= 0.6 is 38.9 Å². The number of rotatable bonds is 3. The fourth-order valence-electron chi connectivity index (χ4n) is 1.42. The van der Waals surface area contributed by atoms with Gasteiger partial charge in [-0.15, -0.1) is 11.3 Å². The molecule has 0 saturated carbocycles. The van der Waals surface area contributed by atoms with Crippen LogP contribution in [0.15, 0.2) is 34.1 Å². The Morgan fingerprint density at radius 2 is 2.12 bits per heavy atom. The van der Waals surface area contributed by atoms with Gasteiger partial charge in [0.2, 0.25) is 0 Å². The SMILES string of the molecule is O=C(Cc1ccc(Br)s1)c1cccc(Cl)c1F. The number of halogens is 3. The first kappa shape index (κ1) is 12.7. The highest BCUT2D eigenvalue weighted by Crippen LogP contribution is 2.25. The van der Waals surface area contributed by atoms with Crippen molar-refractivity contribution in [1.29, 1.82) is 0 Å². The molecule has 0 fully saturated rings. The Balaban J connectivity index is 2.23. The van der Waals surface area contributed by atoms with Crippen molar-refractivity contribution in [2.24, 2.45) is 0 Å². The Kier molecular flexibility index (Phi) is 3.97. The molecule has 2 rings (SSSR count). The van der Waals surface area contributed by atoms with Gasteiger partial charge in [0.1, 0.15) is 0 Å². The van der Waals surface area contributed by atoms with Gasteiger partial charge in [-0.3, -0.25) is 4.79 Å². The van der Waals surface area contributed by atoms with Crippen LogP contribution in [0.5, 0.6) is 0 Å². The smallest absolute Gasteiger partial charge is 0.171 e. The van der Waals surface area contributed by atoms with Gasteiger partial charge >= 0.3 is 0 Å². The number of thiophene rings is 1. The van der Waals surface area contributed by atoms with Crippen molar-refractivity contribution in [2.45, 2.75) is 6.42 Å². The number of hydrogen-bond donors (Lipinski definition) is 0. The van der Waals surface area contributed by atoms with Crippen LogP contribution in [-0.2, 0) is 6.42 Å².